The van der Waals surface area contributed by atoms with Crippen LogP contribution in [0, 0.1) is 0 Å². The third-order valence-electron chi connectivity index (χ3n) is 11.4. The van der Waals surface area contributed by atoms with Gasteiger partial charge in [-0.25, -0.2) is 0 Å². The third kappa shape index (κ3) is 27.9. The topological polar surface area (TPSA) is 169 Å². The number of aliphatic hydroxyl groups excluding tert-OH is 6. The lowest BCUT2D eigenvalue weighted by Crippen LogP contribution is -2.60. The minimum absolute atomic E-state index is 0.297. The van der Waals surface area contributed by atoms with E-state index in [1.165, 1.54) is 128 Å². The molecule has 0 aliphatic carbocycles. The molecule has 0 saturated carbocycles. The molecule has 57 heavy (non-hydrogen) atoms. The van der Waals surface area contributed by atoms with Gasteiger partial charge in [0.2, 0.25) is 5.91 Å². The van der Waals surface area contributed by atoms with Gasteiger partial charge in [0.25, 0.3) is 0 Å². The molecule has 1 aliphatic rings. The Hall–Kier alpha value is -1.37. The van der Waals surface area contributed by atoms with Crippen molar-refractivity contribution in [2.45, 2.75) is 255 Å². The molecule has 1 amide bonds. The first-order chi connectivity index (χ1) is 27.8. The lowest BCUT2D eigenvalue weighted by atomic mass is 9.99. The molecule has 7 N–H and O–H groups in total. The van der Waals surface area contributed by atoms with Crippen LogP contribution in [0.1, 0.15) is 206 Å². The molecule has 1 rings (SSSR count). The van der Waals surface area contributed by atoms with Crippen molar-refractivity contribution in [3.05, 3.63) is 24.3 Å². The summed E-state index contributed by atoms with van der Waals surface area (Å²) < 4.78 is 11.1. The van der Waals surface area contributed by atoms with Crippen molar-refractivity contribution in [1.29, 1.82) is 0 Å². The molecule has 1 saturated heterocycles. The molecule has 1 aliphatic heterocycles. The van der Waals surface area contributed by atoms with Crippen LogP contribution in [0.15, 0.2) is 24.3 Å². The molecule has 10 nitrogen and oxygen atoms in total. The zero-order chi connectivity index (χ0) is 41.8. The average Bonchev–Trinajstić information content (AvgIpc) is 3.21. The van der Waals surface area contributed by atoms with Crippen LogP contribution in [-0.4, -0.2) is 98.7 Å². The molecule has 0 aromatic carbocycles. The average molecular weight is 812 g/mol. The van der Waals surface area contributed by atoms with E-state index in [2.05, 4.69) is 31.3 Å². The van der Waals surface area contributed by atoms with Crippen LogP contribution in [0.3, 0.4) is 0 Å². The SMILES string of the molecule is CCCCCCCCC/C=C\CCCCCCC(O)C(=O)NC(COC1OC(CO)C(O)C(O)C1O)C(O)/C=C/CCCCCCCCCCCCCCCCC. The second-order valence-electron chi connectivity index (χ2n) is 16.7. The Morgan fingerprint density at radius 3 is 1.47 bits per heavy atom. The predicted molar refractivity (Wildman–Crippen MR) is 232 cm³/mol. The number of rotatable bonds is 39. The summed E-state index contributed by atoms with van der Waals surface area (Å²) in [6.07, 6.45) is 34.0. The molecule has 336 valence electrons. The van der Waals surface area contributed by atoms with E-state index < -0.39 is 61.5 Å². The van der Waals surface area contributed by atoms with E-state index in [4.69, 9.17) is 9.47 Å². The minimum atomic E-state index is -1.61. The Kier molecular flexibility index (Phi) is 35.4. The molecule has 8 atom stereocenters. The van der Waals surface area contributed by atoms with E-state index in [0.29, 0.717) is 12.8 Å². The molecule has 1 fully saturated rings. The first-order valence-electron chi connectivity index (χ1n) is 23.7. The fourth-order valence-corrected chi connectivity index (χ4v) is 7.45. The molecule has 0 bridgehead atoms. The number of carbonyl (C=O) groups is 1. The summed E-state index contributed by atoms with van der Waals surface area (Å²) >= 11 is 0. The van der Waals surface area contributed by atoms with Crippen molar-refractivity contribution < 1.29 is 44.9 Å². The summed E-state index contributed by atoms with van der Waals surface area (Å²) in [7, 11) is 0. The molecule has 0 radical (unpaired) electrons. The van der Waals surface area contributed by atoms with Crippen LogP contribution >= 0.6 is 0 Å². The van der Waals surface area contributed by atoms with Gasteiger partial charge in [0.15, 0.2) is 6.29 Å². The van der Waals surface area contributed by atoms with Crippen LogP contribution in [0.4, 0.5) is 0 Å². The maximum Gasteiger partial charge on any atom is 0.249 e. The van der Waals surface area contributed by atoms with Crippen molar-refractivity contribution in [1.82, 2.24) is 5.32 Å². The Balaban J connectivity index is 2.42. The van der Waals surface area contributed by atoms with Crippen LogP contribution in [0.25, 0.3) is 0 Å². The van der Waals surface area contributed by atoms with Gasteiger partial charge in [-0.1, -0.05) is 186 Å². The molecule has 8 unspecified atom stereocenters. The van der Waals surface area contributed by atoms with Crippen molar-refractivity contribution in [2.75, 3.05) is 13.2 Å². The maximum absolute atomic E-state index is 13.0. The first kappa shape index (κ1) is 53.6. The van der Waals surface area contributed by atoms with Gasteiger partial charge in [-0.15, -0.1) is 0 Å². The summed E-state index contributed by atoms with van der Waals surface area (Å²) in [5.41, 5.74) is 0. The standard InChI is InChI=1S/C47H89NO9/c1-3-5-7-9-11-13-15-17-19-20-22-23-25-27-29-31-33-35-40(50)39(38-56-47-45(54)44(53)43(52)42(37-49)57-47)48-46(55)41(51)36-34-32-30-28-26-24-21-18-16-14-12-10-8-6-4-2/h21,24,33,35,39-45,47,49-54H,3-20,22-23,25-32,34,36-38H2,1-2H3,(H,48,55)/b24-21-,35-33+. The van der Waals surface area contributed by atoms with E-state index in [1.807, 2.05) is 6.08 Å². The monoisotopic (exact) mass is 812 g/mol. The number of unbranched alkanes of at least 4 members (excludes halogenated alkanes) is 26. The Morgan fingerprint density at radius 1 is 0.596 bits per heavy atom. The molecular formula is C47H89NO9. The van der Waals surface area contributed by atoms with Gasteiger partial charge in [-0.3, -0.25) is 4.79 Å². The van der Waals surface area contributed by atoms with Gasteiger partial charge in [0.1, 0.15) is 30.5 Å². The number of allylic oxidation sites excluding steroid dienone is 3. The van der Waals surface area contributed by atoms with E-state index in [1.54, 1.807) is 6.08 Å². The molecule has 10 heteroatoms. The highest BCUT2D eigenvalue weighted by atomic mass is 16.7. The smallest absolute Gasteiger partial charge is 0.249 e. The third-order valence-corrected chi connectivity index (χ3v) is 11.4. The summed E-state index contributed by atoms with van der Waals surface area (Å²) in [5.74, 6) is -0.624. The fourth-order valence-electron chi connectivity index (χ4n) is 7.45. The maximum atomic E-state index is 13.0. The number of carbonyl (C=O) groups excluding carboxylic acids is 1. The minimum Gasteiger partial charge on any atom is -0.394 e. The van der Waals surface area contributed by atoms with Gasteiger partial charge in [0, 0.05) is 0 Å². The van der Waals surface area contributed by atoms with E-state index >= 15 is 0 Å². The van der Waals surface area contributed by atoms with Crippen LogP contribution in [0.2, 0.25) is 0 Å². The van der Waals surface area contributed by atoms with Crippen LogP contribution in [0.5, 0.6) is 0 Å². The second kappa shape index (κ2) is 37.6. The Bertz CT molecular complexity index is 963. The summed E-state index contributed by atoms with van der Waals surface area (Å²) in [6, 6.07) is -0.982. The molecule has 1 heterocycles. The Morgan fingerprint density at radius 2 is 1.02 bits per heavy atom. The number of hydrogen-bond acceptors (Lipinski definition) is 9. The van der Waals surface area contributed by atoms with E-state index in [0.717, 1.165) is 51.4 Å². The summed E-state index contributed by atoms with van der Waals surface area (Å²) in [6.45, 7) is 3.60. The summed E-state index contributed by atoms with van der Waals surface area (Å²) in [4.78, 5) is 13.0. The Labute approximate surface area is 348 Å². The lowest BCUT2D eigenvalue weighted by Gasteiger charge is -2.40. The van der Waals surface area contributed by atoms with Gasteiger partial charge in [-0.2, -0.15) is 0 Å². The van der Waals surface area contributed by atoms with Crippen molar-refractivity contribution in [3.8, 4) is 0 Å². The van der Waals surface area contributed by atoms with Crippen molar-refractivity contribution >= 4 is 5.91 Å². The quantitative estimate of drug-likeness (QED) is 0.0237. The van der Waals surface area contributed by atoms with Gasteiger partial charge in [0.05, 0.1) is 25.4 Å². The highest BCUT2D eigenvalue weighted by Gasteiger charge is 2.44. The van der Waals surface area contributed by atoms with Crippen LogP contribution < -0.4 is 5.32 Å². The molecule has 0 spiro atoms. The van der Waals surface area contributed by atoms with Gasteiger partial charge in [-0.05, 0) is 44.9 Å². The van der Waals surface area contributed by atoms with Gasteiger partial charge >= 0.3 is 0 Å². The van der Waals surface area contributed by atoms with Gasteiger partial charge < -0.3 is 45.4 Å². The molecular weight excluding hydrogens is 723 g/mol. The normalized spacial score (nSPS) is 21.7. The van der Waals surface area contributed by atoms with Crippen LogP contribution in [-0.2, 0) is 14.3 Å². The zero-order valence-electron chi connectivity index (χ0n) is 36.5. The zero-order valence-corrected chi connectivity index (χ0v) is 36.5. The lowest BCUT2D eigenvalue weighted by molar-refractivity contribution is -0.302. The van der Waals surface area contributed by atoms with Crippen molar-refractivity contribution in [2.24, 2.45) is 0 Å². The highest BCUT2D eigenvalue weighted by Crippen LogP contribution is 2.23. The number of hydrogen-bond donors (Lipinski definition) is 7. The highest BCUT2D eigenvalue weighted by molar-refractivity contribution is 5.80. The predicted octanol–water partition coefficient (Wildman–Crippen LogP) is 8.86. The number of nitrogens with one attached hydrogen (secondary N) is 1. The second-order valence-corrected chi connectivity index (χ2v) is 16.7. The van der Waals surface area contributed by atoms with Crippen molar-refractivity contribution in [3.63, 3.8) is 0 Å². The van der Waals surface area contributed by atoms with E-state index in [-0.39, 0.29) is 6.61 Å². The largest absolute Gasteiger partial charge is 0.394 e. The number of amides is 1. The number of aliphatic hydroxyl groups is 6. The number of ether oxygens (including phenoxy) is 2. The van der Waals surface area contributed by atoms with E-state index in [9.17, 15) is 35.4 Å². The molecule has 0 aromatic rings. The molecule has 0 aromatic heterocycles. The fraction of sp³-hybridized carbons (Fsp3) is 0.894. The summed E-state index contributed by atoms with van der Waals surface area (Å²) in [5, 5.41) is 64.7. The first-order valence-corrected chi connectivity index (χ1v) is 23.7.